The molecule has 1 saturated carbocycles. The van der Waals surface area contributed by atoms with Gasteiger partial charge in [-0.25, -0.2) is 9.48 Å². The summed E-state index contributed by atoms with van der Waals surface area (Å²) in [6.45, 7) is -0.298. The maximum absolute atomic E-state index is 12.5. The maximum atomic E-state index is 12.5. The Bertz CT molecular complexity index is 842. The van der Waals surface area contributed by atoms with Gasteiger partial charge in [-0.2, -0.15) is 5.10 Å². The summed E-state index contributed by atoms with van der Waals surface area (Å²) in [5, 5.41) is 13.8. The lowest BCUT2D eigenvalue weighted by molar-refractivity contribution is -0.129. The molecule has 7 heteroatoms. The highest BCUT2D eigenvalue weighted by atomic mass is 16.5. The SMILES string of the molecule is O=C(O[C@H]1CCCCC1=O)c1nn(CCO)c(=O)c2ccccc12. The van der Waals surface area contributed by atoms with Crippen LogP contribution in [0.1, 0.15) is 36.2 Å². The van der Waals surface area contributed by atoms with Crippen LogP contribution in [0.15, 0.2) is 29.1 Å². The highest BCUT2D eigenvalue weighted by molar-refractivity contribution is 6.03. The first-order valence-corrected chi connectivity index (χ1v) is 7.96. The van der Waals surface area contributed by atoms with Gasteiger partial charge in [-0.1, -0.05) is 18.2 Å². The Morgan fingerprint density at radius 2 is 2.00 bits per heavy atom. The van der Waals surface area contributed by atoms with Crippen LogP contribution in [0.3, 0.4) is 0 Å². The molecule has 126 valence electrons. The van der Waals surface area contributed by atoms with Gasteiger partial charge in [0.25, 0.3) is 5.56 Å². The van der Waals surface area contributed by atoms with Gasteiger partial charge in [-0.3, -0.25) is 9.59 Å². The van der Waals surface area contributed by atoms with Crippen LogP contribution in [-0.4, -0.2) is 39.4 Å². The first kappa shape index (κ1) is 16.3. The van der Waals surface area contributed by atoms with Gasteiger partial charge in [0.2, 0.25) is 0 Å². The molecule has 1 aromatic heterocycles. The van der Waals surface area contributed by atoms with Crippen LogP contribution < -0.4 is 5.56 Å². The molecule has 3 rings (SSSR count). The smallest absolute Gasteiger partial charge is 0.360 e. The van der Waals surface area contributed by atoms with E-state index in [0.29, 0.717) is 23.6 Å². The van der Waals surface area contributed by atoms with Crippen LogP contribution in [0.25, 0.3) is 10.8 Å². The van der Waals surface area contributed by atoms with Crippen molar-refractivity contribution < 1.29 is 19.4 Å². The van der Waals surface area contributed by atoms with Crippen molar-refractivity contribution in [2.75, 3.05) is 6.61 Å². The fraction of sp³-hybridized carbons (Fsp3) is 0.412. The summed E-state index contributed by atoms with van der Waals surface area (Å²) >= 11 is 0. The number of rotatable bonds is 4. The number of aliphatic hydroxyl groups is 1. The number of carbonyl (C=O) groups is 2. The van der Waals surface area contributed by atoms with Crippen LogP contribution in [0.5, 0.6) is 0 Å². The van der Waals surface area contributed by atoms with Gasteiger partial charge >= 0.3 is 5.97 Å². The van der Waals surface area contributed by atoms with E-state index in [1.807, 2.05) is 0 Å². The molecule has 0 amide bonds. The number of benzene rings is 1. The van der Waals surface area contributed by atoms with Gasteiger partial charge in [-0.05, 0) is 25.3 Å². The number of hydrogen-bond donors (Lipinski definition) is 1. The number of hydrogen-bond acceptors (Lipinski definition) is 6. The van der Waals surface area contributed by atoms with Crippen molar-refractivity contribution in [1.29, 1.82) is 0 Å². The van der Waals surface area contributed by atoms with E-state index in [-0.39, 0.29) is 30.2 Å². The summed E-state index contributed by atoms with van der Waals surface area (Å²) in [5.41, 5.74) is -0.401. The highest BCUT2D eigenvalue weighted by Gasteiger charge is 2.28. The fourth-order valence-corrected chi connectivity index (χ4v) is 2.89. The van der Waals surface area contributed by atoms with E-state index in [2.05, 4.69) is 5.10 Å². The monoisotopic (exact) mass is 330 g/mol. The van der Waals surface area contributed by atoms with Gasteiger partial charge in [0.15, 0.2) is 17.6 Å². The zero-order chi connectivity index (χ0) is 17.1. The number of aliphatic hydroxyl groups excluding tert-OH is 1. The average Bonchev–Trinajstić information content (AvgIpc) is 2.59. The third-order valence-electron chi connectivity index (χ3n) is 4.12. The summed E-state index contributed by atoms with van der Waals surface area (Å²) in [7, 11) is 0. The lowest BCUT2D eigenvalue weighted by Crippen LogP contribution is -2.32. The zero-order valence-corrected chi connectivity index (χ0v) is 13.1. The normalized spacial score (nSPS) is 17.9. The van der Waals surface area contributed by atoms with Crippen LogP contribution in [0.2, 0.25) is 0 Å². The predicted molar refractivity (Wildman–Crippen MR) is 85.8 cm³/mol. The molecule has 1 heterocycles. The predicted octanol–water partition coefficient (Wildman–Crippen LogP) is 1.06. The molecule has 0 aliphatic heterocycles. The van der Waals surface area contributed by atoms with Gasteiger partial charge in [-0.15, -0.1) is 0 Å². The molecule has 0 saturated heterocycles. The topological polar surface area (TPSA) is 98.5 Å². The average molecular weight is 330 g/mol. The minimum atomic E-state index is -0.745. The second-order valence-corrected chi connectivity index (χ2v) is 5.75. The standard InChI is InChI=1S/C17H18N2O5/c20-10-9-19-16(22)12-6-2-1-5-11(12)15(18-19)17(23)24-14-8-4-3-7-13(14)21/h1-2,5-6,14,20H,3-4,7-10H2/t14-/m0/s1. The van der Waals surface area contributed by atoms with Gasteiger partial charge < -0.3 is 9.84 Å². The molecule has 1 fully saturated rings. The molecule has 0 radical (unpaired) electrons. The number of carbonyl (C=O) groups excluding carboxylic acids is 2. The summed E-state index contributed by atoms with van der Waals surface area (Å²) in [4.78, 5) is 36.7. The number of fused-ring (bicyclic) bond motifs is 1. The first-order chi connectivity index (χ1) is 11.6. The minimum absolute atomic E-state index is 0.0166. The quantitative estimate of drug-likeness (QED) is 0.842. The lowest BCUT2D eigenvalue weighted by Gasteiger charge is -2.20. The molecule has 0 spiro atoms. The Morgan fingerprint density at radius 1 is 1.25 bits per heavy atom. The van der Waals surface area contributed by atoms with E-state index in [1.54, 1.807) is 24.3 Å². The van der Waals surface area contributed by atoms with Gasteiger partial charge in [0.05, 0.1) is 18.5 Å². The Labute approximate surface area is 137 Å². The third-order valence-corrected chi connectivity index (χ3v) is 4.12. The Balaban J connectivity index is 2.01. The van der Waals surface area contributed by atoms with Crippen LogP contribution >= 0.6 is 0 Å². The molecule has 0 bridgehead atoms. The number of esters is 1. The van der Waals surface area contributed by atoms with E-state index in [0.717, 1.165) is 17.5 Å². The van der Waals surface area contributed by atoms with E-state index >= 15 is 0 Å². The Morgan fingerprint density at radius 3 is 2.71 bits per heavy atom. The van der Waals surface area contributed by atoms with Gasteiger partial charge in [0.1, 0.15) is 0 Å². The van der Waals surface area contributed by atoms with Gasteiger partial charge in [0, 0.05) is 11.8 Å². The third kappa shape index (κ3) is 3.07. The number of nitrogens with zero attached hydrogens (tertiary/aromatic N) is 2. The Hall–Kier alpha value is -2.54. The second kappa shape index (κ2) is 6.92. The molecule has 7 nitrogen and oxygen atoms in total. The number of aromatic nitrogens is 2. The molecule has 1 aliphatic rings. The summed E-state index contributed by atoms with van der Waals surface area (Å²) in [5.74, 6) is -0.805. The molecular weight excluding hydrogens is 312 g/mol. The fourth-order valence-electron chi connectivity index (χ4n) is 2.89. The van der Waals surface area contributed by atoms with E-state index < -0.39 is 12.1 Å². The zero-order valence-electron chi connectivity index (χ0n) is 13.1. The van der Waals surface area contributed by atoms with Crippen molar-refractivity contribution in [3.63, 3.8) is 0 Å². The molecule has 24 heavy (non-hydrogen) atoms. The van der Waals surface area contributed by atoms with Crippen molar-refractivity contribution in [3.8, 4) is 0 Å². The van der Waals surface area contributed by atoms with Crippen LogP contribution in [-0.2, 0) is 16.1 Å². The van der Waals surface area contributed by atoms with E-state index in [4.69, 9.17) is 9.84 Å². The lowest BCUT2D eigenvalue weighted by atomic mass is 9.96. The number of ether oxygens (including phenoxy) is 1. The highest BCUT2D eigenvalue weighted by Crippen LogP contribution is 2.20. The summed E-state index contributed by atoms with van der Waals surface area (Å²) in [6.07, 6.45) is 1.83. The minimum Gasteiger partial charge on any atom is -0.450 e. The first-order valence-electron chi connectivity index (χ1n) is 7.96. The van der Waals surface area contributed by atoms with Crippen molar-refractivity contribution in [3.05, 3.63) is 40.3 Å². The summed E-state index contributed by atoms with van der Waals surface area (Å²) < 4.78 is 6.39. The van der Waals surface area contributed by atoms with Crippen molar-refractivity contribution >= 4 is 22.5 Å². The van der Waals surface area contributed by atoms with Crippen molar-refractivity contribution in [1.82, 2.24) is 9.78 Å². The van der Waals surface area contributed by atoms with Crippen molar-refractivity contribution in [2.24, 2.45) is 0 Å². The molecule has 1 N–H and O–H groups in total. The van der Waals surface area contributed by atoms with Crippen molar-refractivity contribution in [2.45, 2.75) is 38.3 Å². The van der Waals surface area contributed by atoms with E-state index in [1.165, 1.54) is 0 Å². The molecule has 2 aromatic rings. The maximum Gasteiger partial charge on any atom is 0.360 e. The summed E-state index contributed by atoms with van der Waals surface area (Å²) in [6, 6.07) is 6.59. The number of ketones is 1. The molecule has 1 atom stereocenters. The molecule has 1 aliphatic carbocycles. The second-order valence-electron chi connectivity index (χ2n) is 5.75. The molecule has 0 unspecified atom stereocenters. The largest absolute Gasteiger partial charge is 0.450 e. The van der Waals surface area contributed by atoms with E-state index in [9.17, 15) is 14.4 Å². The van der Waals surface area contributed by atoms with Crippen LogP contribution in [0, 0.1) is 0 Å². The molecule has 1 aromatic carbocycles. The number of Topliss-reactive ketones (excluding diaryl/α,β-unsaturated/α-hetero) is 1. The molecular formula is C17H18N2O5. The Kier molecular flexibility index (Phi) is 4.71. The van der Waals surface area contributed by atoms with Crippen LogP contribution in [0.4, 0.5) is 0 Å².